The summed E-state index contributed by atoms with van der Waals surface area (Å²) in [6, 6.07) is 9.95. The maximum Gasteiger partial charge on any atom is 0.316 e. The molecule has 1 heterocycles. The molecule has 21 heavy (non-hydrogen) atoms. The van der Waals surface area contributed by atoms with Gasteiger partial charge in [0.25, 0.3) is 0 Å². The summed E-state index contributed by atoms with van der Waals surface area (Å²) in [5.41, 5.74) is 1.02. The van der Waals surface area contributed by atoms with Crippen LogP contribution in [0.1, 0.15) is 13.8 Å². The summed E-state index contributed by atoms with van der Waals surface area (Å²) in [6.45, 7) is 5.09. The van der Waals surface area contributed by atoms with Gasteiger partial charge in [-0.2, -0.15) is 0 Å². The van der Waals surface area contributed by atoms with E-state index in [0.29, 0.717) is 5.92 Å². The second-order valence-corrected chi connectivity index (χ2v) is 5.98. The number of hydrogen-bond acceptors (Lipinski definition) is 5. The van der Waals surface area contributed by atoms with Crippen LogP contribution in [0, 0.1) is 5.92 Å². The highest BCUT2D eigenvalue weighted by atomic mass is 32.2. The fourth-order valence-corrected chi connectivity index (χ4v) is 2.69. The van der Waals surface area contributed by atoms with Crippen LogP contribution in [0.15, 0.2) is 35.5 Å². The monoisotopic (exact) mass is 305 g/mol. The largest absolute Gasteiger partial charge is 0.468 e. The third kappa shape index (κ3) is 4.07. The molecule has 0 amide bonds. The lowest BCUT2D eigenvalue weighted by atomic mass is 10.2. The molecule has 0 aliphatic carbocycles. The van der Waals surface area contributed by atoms with Crippen molar-refractivity contribution in [3.63, 3.8) is 0 Å². The number of rotatable bonds is 6. The van der Waals surface area contributed by atoms with Crippen molar-refractivity contribution >= 4 is 17.7 Å². The van der Waals surface area contributed by atoms with Crippen LogP contribution >= 0.6 is 11.8 Å². The molecule has 112 valence electrons. The zero-order valence-electron chi connectivity index (χ0n) is 12.4. The van der Waals surface area contributed by atoms with E-state index in [1.165, 1.54) is 18.9 Å². The highest BCUT2D eigenvalue weighted by Crippen LogP contribution is 2.25. The quantitative estimate of drug-likeness (QED) is 0.607. The Morgan fingerprint density at radius 2 is 2.00 bits per heavy atom. The van der Waals surface area contributed by atoms with E-state index in [0.717, 1.165) is 23.1 Å². The second kappa shape index (κ2) is 7.26. The van der Waals surface area contributed by atoms with Crippen molar-refractivity contribution in [1.29, 1.82) is 0 Å². The molecule has 0 atom stereocenters. The van der Waals surface area contributed by atoms with E-state index >= 15 is 0 Å². The van der Waals surface area contributed by atoms with E-state index in [1.807, 2.05) is 30.3 Å². The number of methoxy groups -OCH3 is 1. The molecule has 1 aromatic carbocycles. The average molecular weight is 305 g/mol. The molecule has 0 bridgehead atoms. The molecule has 0 fully saturated rings. The van der Waals surface area contributed by atoms with Crippen LogP contribution in [0.2, 0.25) is 0 Å². The number of nitrogens with zero attached hydrogens (tertiary/aromatic N) is 3. The molecule has 5 nitrogen and oxygen atoms in total. The average Bonchev–Trinajstić information content (AvgIpc) is 2.87. The smallest absolute Gasteiger partial charge is 0.316 e. The molecule has 0 N–H and O–H groups in total. The minimum Gasteiger partial charge on any atom is -0.468 e. The first-order valence-electron chi connectivity index (χ1n) is 6.80. The molecule has 0 unspecified atom stereocenters. The summed E-state index contributed by atoms with van der Waals surface area (Å²) in [5.74, 6) is 1.26. The molecule has 0 saturated heterocycles. The summed E-state index contributed by atoms with van der Waals surface area (Å²) in [4.78, 5) is 11.3. The number of aromatic nitrogens is 3. The van der Waals surface area contributed by atoms with Gasteiger partial charge < -0.3 is 9.30 Å². The van der Waals surface area contributed by atoms with E-state index in [2.05, 4.69) is 33.3 Å². The molecule has 0 spiro atoms. The van der Waals surface area contributed by atoms with E-state index in [9.17, 15) is 4.79 Å². The van der Waals surface area contributed by atoms with E-state index in [1.54, 1.807) is 0 Å². The van der Waals surface area contributed by atoms with Crippen LogP contribution in [0.4, 0.5) is 0 Å². The number of ether oxygens (including phenoxy) is 1. The van der Waals surface area contributed by atoms with Gasteiger partial charge in [0, 0.05) is 12.1 Å². The molecule has 0 aliphatic rings. The highest BCUT2D eigenvalue weighted by molar-refractivity contribution is 7.99. The van der Waals surface area contributed by atoms with Gasteiger partial charge in [0.1, 0.15) is 0 Å². The first-order valence-corrected chi connectivity index (χ1v) is 7.78. The van der Waals surface area contributed by atoms with Crippen LogP contribution in [0.3, 0.4) is 0 Å². The van der Waals surface area contributed by atoms with Gasteiger partial charge >= 0.3 is 5.97 Å². The number of hydrogen-bond donors (Lipinski definition) is 0. The Bertz CT molecular complexity index is 596. The van der Waals surface area contributed by atoms with Crippen molar-refractivity contribution in [2.45, 2.75) is 25.5 Å². The van der Waals surface area contributed by atoms with Crippen molar-refractivity contribution in [2.75, 3.05) is 12.9 Å². The molecule has 2 rings (SSSR count). The molecule has 0 aliphatic heterocycles. The topological polar surface area (TPSA) is 57.0 Å². The molecule has 0 saturated carbocycles. The lowest BCUT2D eigenvalue weighted by Gasteiger charge is -2.12. The van der Waals surface area contributed by atoms with Crippen molar-refractivity contribution in [3.8, 4) is 11.4 Å². The highest BCUT2D eigenvalue weighted by Gasteiger charge is 2.16. The number of esters is 1. The minimum absolute atomic E-state index is 0.238. The Kier molecular flexibility index (Phi) is 5.38. The van der Waals surface area contributed by atoms with Crippen molar-refractivity contribution in [1.82, 2.24) is 14.8 Å². The third-order valence-electron chi connectivity index (χ3n) is 2.84. The fraction of sp³-hybridized carbons (Fsp3) is 0.400. The summed E-state index contributed by atoms with van der Waals surface area (Å²) in [5, 5.41) is 9.25. The minimum atomic E-state index is -0.264. The predicted octanol–water partition coefficient (Wildman–Crippen LogP) is 2.87. The van der Waals surface area contributed by atoms with E-state index < -0.39 is 0 Å². The Morgan fingerprint density at radius 1 is 1.29 bits per heavy atom. The maximum atomic E-state index is 11.3. The lowest BCUT2D eigenvalue weighted by molar-refractivity contribution is -0.137. The Hall–Kier alpha value is -1.82. The summed E-state index contributed by atoms with van der Waals surface area (Å²) in [6.07, 6.45) is 0. The number of carbonyl (C=O) groups is 1. The van der Waals surface area contributed by atoms with Crippen molar-refractivity contribution in [3.05, 3.63) is 30.3 Å². The molecule has 1 aromatic heterocycles. The van der Waals surface area contributed by atoms with Gasteiger partial charge in [0.05, 0.1) is 12.9 Å². The van der Waals surface area contributed by atoms with E-state index in [4.69, 9.17) is 0 Å². The molecule has 0 radical (unpaired) electrons. The Labute approximate surface area is 128 Å². The van der Waals surface area contributed by atoms with Gasteiger partial charge in [0.15, 0.2) is 11.0 Å². The fourth-order valence-electron chi connectivity index (χ4n) is 1.91. The van der Waals surface area contributed by atoms with Crippen LogP contribution in [-0.2, 0) is 16.1 Å². The van der Waals surface area contributed by atoms with Crippen LogP contribution in [0.5, 0.6) is 0 Å². The first kappa shape index (κ1) is 15.6. The number of benzene rings is 1. The summed E-state index contributed by atoms with van der Waals surface area (Å²) >= 11 is 1.35. The molecule has 6 heteroatoms. The Balaban J connectivity index is 2.29. The normalized spacial score (nSPS) is 10.9. The van der Waals surface area contributed by atoms with Gasteiger partial charge in [-0.1, -0.05) is 55.9 Å². The van der Waals surface area contributed by atoms with E-state index in [-0.39, 0.29) is 11.7 Å². The van der Waals surface area contributed by atoms with Gasteiger partial charge in [0.2, 0.25) is 0 Å². The molecular weight excluding hydrogens is 286 g/mol. The number of thioether (sulfide) groups is 1. The van der Waals surface area contributed by atoms with Gasteiger partial charge in [-0.05, 0) is 5.92 Å². The predicted molar refractivity (Wildman–Crippen MR) is 83.0 cm³/mol. The van der Waals surface area contributed by atoms with Crippen LogP contribution in [0.25, 0.3) is 11.4 Å². The maximum absolute atomic E-state index is 11.3. The van der Waals surface area contributed by atoms with Crippen LogP contribution < -0.4 is 0 Å². The second-order valence-electron chi connectivity index (χ2n) is 5.04. The standard InChI is InChI=1S/C15H19N3O2S/c1-11(2)9-18-14(12-7-5-4-6-8-12)16-17-15(18)21-10-13(19)20-3/h4-8,11H,9-10H2,1-3H3. The summed E-state index contributed by atoms with van der Waals surface area (Å²) in [7, 11) is 1.39. The first-order chi connectivity index (χ1) is 10.1. The zero-order valence-corrected chi connectivity index (χ0v) is 13.3. The van der Waals surface area contributed by atoms with Crippen molar-refractivity contribution in [2.24, 2.45) is 5.92 Å². The zero-order chi connectivity index (χ0) is 15.2. The molecule has 2 aromatic rings. The van der Waals surface area contributed by atoms with Crippen molar-refractivity contribution < 1.29 is 9.53 Å². The lowest BCUT2D eigenvalue weighted by Crippen LogP contribution is -2.09. The third-order valence-corrected chi connectivity index (χ3v) is 3.78. The number of carbonyl (C=O) groups excluding carboxylic acids is 1. The van der Waals surface area contributed by atoms with Gasteiger partial charge in [-0.15, -0.1) is 10.2 Å². The van der Waals surface area contributed by atoms with Crippen LogP contribution in [-0.4, -0.2) is 33.6 Å². The van der Waals surface area contributed by atoms with Gasteiger partial charge in [-0.25, -0.2) is 0 Å². The van der Waals surface area contributed by atoms with Gasteiger partial charge in [-0.3, -0.25) is 4.79 Å². The summed E-state index contributed by atoms with van der Waals surface area (Å²) < 4.78 is 6.73. The SMILES string of the molecule is COC(=O)CSc1nnc(-c2ccccc2)n1CC(C)C. The Morgan fingerprint density at radius 3 is 2.62 bits per heavy atom. The molecular formula is C15H19N3O2S.